The predicted octanol–water partition coefficient (Wildman–Crippen LogP) is 1.56. The zero-order valence-corrected chi connectivity index (χ0v) is 9.54. The third kappa shape index (κ3) is 3.53. The summed E-state index contributed by atoms with van der Waals surface area (Å²) in [4.78, 5) is 8.33. The van der Waals surface area contributed by atoms with Crippen molar-refractivity contribution in [2.75, 3.05) is 6.54 Å². The van der Waals surface area contributed by atoms with Crippen LogP contribution < -0.4 is 10.5 Å². The molecule has 0 atom stereocenters. The van der Waals surface area contributed by atoms with Crippen molar-refractivity contribution < 1.29 is 4.74 Å². The van der Waals surface area contributed by atoms with E-state index in [1.54, 1.807) is 12.4 Å². The molecule has 2 aromatic rings. The van der Waals surface area contributed by atoms with Crippen LogP contribution in [0, 0.1) is 0 Å². The van der Waals surface area contributed by atoms with E-state index < -0.39 is 0 Å². The van der Waals surface area contributed by atoms with E-state index in [-0.39, 0.29) is 0 Å². The van der Waals surface area contributed by atoms with Crippen LogP contribution in [0.3, 0.4) is 0 Å². The number of ether oxygens (including phenoxy) is 1. The van der Waals surface area contributed by atoms with Crippen LogP contribution in [0.1, 0.15) is 11.4 Å². The van der Waals surface area contributed by atoms with Crippen LogP contribution in [-0.4, -0.2) is 16.5 Å². The SMILES string of the molecule is NCCc1ncc(OCc2ccccc2)cn1. The molecular weight excluding hydrogens is 214 g/mol. The lowest BCUT2D eigenvalue weighted by Gasteiger charge is -2.05. The molecule has 0 bridgehead atoms. The van der Waals surface area contributed by atoms with Crippen LogP contribution in [0.4, 0.5) is 0 Å². The van der Waals surface area contributed by atoms with Gasteiger partial charge in [-0.2, -0.15) is 0 Å². The third-order valence-corrected chi connectivity index (χ3v) is 2.30. The minimum absolute atomic E-state index is 0.528. The standard InChI is InChI=1S/C13H15N3O/c14-7-6-13-15-8-12(9-16-13)17-10-11-4-2-1-3-5-11/h1-5,8-9H,6-7,10,14H2. The Labute approximate surface area is 100 Å². The van der Waals surface area contributed by atoms with Crippen LogP contribution in [-0.2, 0) is 13.0 Å². The Hall–Kier alpha value is -1.94. The lowest BCUT2D eigenvalue weighted by molar-refractivity contribution is 0.303. The Kier molecular flexibility index (Phi) is 4.05. The zero-order valence-electron chi connectivity index (χ0n) is 9.54. The summed E-state index contributed by atoms with van der Waals surface area (Å²) >= 11 is 0. The van der Waals surface area contributed by atoms with Gasteiger partial charge in [-0.1, -0.05) is 30.3 Å². The molecular formula is C13H15N3O. The first kappa shape index (κ1) is 11.5. The van der Waals surface area contributed by atoms with E-state index in [0.717, 1.165) is 11.4 Å². The fourth-order valence-corrected chi connectivity index (χ4v) is 1.42. The van der Waals surface area contributed by atoms with E-state index in [2.05, 4.69) is 9.97 Å². The molecule has 1 aromatic carbocycles. The highest BCUT2D eigenvalue weighted by molar-refractivity contribution is 5.17. The van der Waals surface area contributed by atoms with E-state index >= 15 is 0 Å². The van der Waals surface area contributed by atoms with Crippen molar-refractivity contribution in [2.45, 2.75) is 13.0 Å². The molecule has 0 saturated carbocycles. The average molecular weight is 229 g/mol. The van der Waals surface area contributed by atoms with Crippen molar-refractivity contribution in [2.24, 2.45) is 5.73 Å². The van der Waals surface area contributed by atoms with Gasteiger partial charge < -0.3 is 10.5 Å². The van der Waals surface area contributed by atoms with Gasteiger partial charge in [0.25, 0.3) is 0 Å². The topological polar surface area (TPSA) is 61.0 Å². The Bertz CT molecular complexity index is 442. The largest absolute Gasteiger partial charge is 0.486 e. The molecule has 4 nitrogen and oxygen atoms in total. The number of hydrogen-bond donors (Lipinski definition) is 1. The van der Waals surface area contributed by atoms with Gasteiger partial charge in [-0.3, -0.25) is 0 Å². The summed E-state index contributed by atoms with van der Waals surface area (Å²) in [5.41, 5.74) is 6.55. The van der Waals surface area contributed by atoms with Crippen molar-refractivity contribution in [3.05, 3.63) is 54.1 Å². The van der Waals surface area contributed by atoms with Crippen molar-refractivity contribution in [3.8, 4) is 5.75 Å². The second-order valence-electron chi connectivity index (χ2n) is 3.65. The van der Waals surface area contributed by atoms with Gasteiger partial charge in [0.2, 0.25) is 0 Å². The number of nitrogens with two attached hydrogens (primary N) is 1. The summed E-state index contributed by atoms with van der Waals surface area (Å²) < 4.78 is 5.57. The Morgan fingerprint density at radius 1 is 1.06 bits per heavy atom. The summed E-state index contributed by atoms with van der Waals surface area (Å²) in [7, 11) is 0. The number of benzene rings is 1. The fourth-order valence-electron chi connectivity index (χ4n) is 1.42. The predicted molar refractivity (Wildman–Crippen MR) is 65.6 cm³/mol. The molecule has 0 amide bonds. The second-order valence-corrected chi connectivity index (χ2v) is 3.65. The molecule has 88 valence electrons. The third-order valence-electron chi connectivity index (χ3n) is 2.30. The number of rotatable bonds is 5. The van der Waals surface area contributed by atoms with Gasteiger partial charge in [-0.25, -0.2) is 9.97 Å². The first-order chi connectivity index (χ1) is 8.38. The van der Waals surface area contributed by atoms with Gasteiger partial charge >= 0.3 is 0 Å². The van der Waals surface area contributed by atoms with Crippen molar-refractivity contribution >= 4 is 0 Å². The number of aromatic nitrogens is 2. The first-order valence-electron chi connectivity index (χ1n) is 5.56. The highest BCUT2D eigenvalue weighted by atomic mass is 16.5. The average Bonchev–Trinajstić information content (AvgIpc) is 2.40. The Morgan fingerprint density at radius 3 is 2.41 bits per heavy atom. The molecule has 0 saturated heterocycles. The summed E-state index contributed by atoms with van der Waals surface area (Å²) in [5.74, 6) is 1.43. The smallest absolute Gasteiger partial charge is 0.156 e. The van der Waals surface area contributed by atoms with Gasteiger partial charge in [-0.05, 0) is 12.1 Å². The zero-order chi connectivity index (χ0) is 11.9. The van der Waals surface area contributed by atoms with Gasteiger partial charge in [0, 0.05) is 6.42 Å². The summed E-state index contributed by atoms with van der Waals surface area (Å²) in [6.45, 7) is 1.09. The summed E-state index contributed by atoms with van der Waals surface area (Å²) in [6, 6.07) is 9.99. The van der Waals surface area contributed by atoms with E-state index in [4.69, 9.17) is 10.5 Å². The fraction of sp³-hybridized carbons (Fsp3) is 0.231. The molecule has 4 heteroatoms. The normalized spacial score (nSPS) is 10.2. The highest BCUT2D eigenvalue weighted by Gasteiger charge is 1.98. The second kappa shape index (κ2) is 5.96. The van der Waals surface area contributed by atoms with E-state index in [9.17, 15) is 0 Å². The Balaban J connectivity index is 1.91. The first-order valence-corrected chi connectivity index (χ1v) is 5.56. The lowest BCUT2D eigenvalue weighted by Crippen LogP contribution is -2.06. The van der Waals surface area contributed by atoms with Crippen LogP contribution in [0.5, 0.6) is 5.75 Å². The van der Waals surface area contributed by atoms with Crippen LogP contribution in [0.2, 0.25) is 0 Å². The minimum atomic E-state index is 0.528. The van der Waals surface area contributed by atoms with E-state index in [1.165, 1.54) is 0 Å². The molecule has 2 N–H and O–H groups in total. The minimum Gasteiger partial charge on any atom is -0.486 e. The highest BCUT2D eigenvalue weighted by Crippen LogP contribution is 2.09. The molecule has 17 heavy (non-hydrogen) atoms. The molecule has 0 aliphatic rings. The Morgan fingerprint density at radius 2 is 1.76 bits per heavy atom. The van der Waals surface area contributed by atoms with Crippen LogP contribution >= 0.6 is 0 Å². The molecule has 2 rings (SSSR count). The molecule has 0 spiro atoms. The number of hydrogen-bond acceptors (Lipinski definition) is 4. The maximum Gasteiger partial charge on any atom is 0.156 e. The lowest BCUT2D eigenvalue weighted by atomic mass is 10.2. The van der Waals surface area contributed by atoms with Crippen LogP contribution in [0.25, 0.3) is 0 Å². The molecule has 0 aliphatic carbocycles. The molecule has 1 aromatic heterocycles. The quantitative estimate of drug-likeness (QED) is 0.845. The van der Waals surface area contributed by atoms with E-state index in [1.807, 2.05) is 30.3 Å². The van der Waals surface area contributed by atoms with Crippen molar-refractivity contribution in [3.63, 3.8) is 0 Å². The van der Waals surface area contributed by atoms with Gasteiger partial charge in [0.05, 0.1) is 12.4 Å². The van der Waals surface area contributed by atoms with Gasteiger partial charge in [0.1, 0.15) is 12.4 Å². The van der Waals surface area contributed by atoms with E-state index in [0.29, 0.717) is 25.3 Å². The molecule has 1 heterocycles. The molecule has 0 radical (unpaired) electrons. The number of nitrogens with zero attached hydrogens (tertiary/aromatic N) is 2. The molecule has 0 fully saturated rings. The molecule has 0 aliphatic heterocycles. The summed E-state index contributed by atoms with van der Waals surface area (Å²) in [6.07, 6.45) is 4.06. The maximum absolute atomic E-state index is 5.57. The molecule has 0 unspecified atom stereocenters. The van der Waals surface area contributed by atoms with Crippen LogP contribution in [0.15, 0.2) is 42.7 Å². The summed E-state index contributed by atoms with van der Waals surface area (Å²) in [5, 5.41) is 0. The monoisotopic (exact) mass is 229 g/mol. The maximum atomic E-state index is 5.57. The van der Waals surface area contributed by atoms with Crippen molar-refractivity contribution in [1.82, 2.24) is 9.97 Å². The van der Waals surface area contributed by atoms with Crippen molar-refractivity contribution in [1.29, 1.82) is 0 Å². The van der Waals surface area contributed by atoms with Gasteiger partial charge in [-0.15, -0.1) is 0 Å². The van der Waals surface area contributed by atoms with Gasteiger partial charge in [0.15, 0.2) is 5.75 Å².